The number of halogens is 1. The number of amides is 1. The second kappa shape index (κ2) is 8.53. The second-order valence-corrected chi connectivity index (χ2v) is 4.51. The van der Waals surface area contributed by atoms with Gasteiger partial charge in [0.1, 0.15) is 5.82 Å². The molecule has 5 heteroatoms. The van der Waals surface area contributed by atoms with Gasteiger partial charge in [-0.3, -0.25) is 4.79 Å². The number of carbonyl (C=O) groups is 1. The number of likely N-dealkylation sites (N-methyl/N-ethyl adjacent to an activating group) is 1. The minimum absolute atomic E-state index is 0.206. The highest BCUT2D eigenvalue weighted by atomic mass is 19.1. The molecule has 0 atom stereocenters. The predicted octanol–water partition coefficient (Wildman–Crippen LogP) is 2.76. The van der Waals surface area contributed by atoms with Crippen LogP contribution in [-0.4, -0.2) is 44.2 Å². The molecule has 0 fully saturated rings. The molecular weight excluding hydrogens is 259 g/mol. The number of anilines is 1. The summed E-state index contributed by atoms with van der Waals surface area (Å²) in [6.45, 7) is 6.10. The van der Waals surface area contributed by atoms with E-state index in [0.29, 0.717) is 31.9 Å². The highest BCUT2D eigenvalue weighted by molar-refractivity contribution is 5.99. The van der Waals surface area contributed by atoms with Gasteiger partial charge in [0.2, 0.25) is 0 Å². The zero-order chi connectivity index (χ0) is 15.0. The Hall–Kier alpha value is -1.62. The van der Waals surface area contributed by atoms with Crippen LogP contribution in [0.1, 0.15) is 30.6 Å². The summed E-state index contributed by atoms with van der Waals surface area (Å²) < 4.78 is 19.1. The molecule has 1 amide bonds. The van der Waals surface area contributed by atoms with Crippen molar-refractivity contribution in [3.63, 3.8) is 0 Å². The van der Waals surface area contributed by atoms with Crippen LogP contribution >= 0.6 is 0 Å². The van der Waals surface area contributed by atoms with Gasteiger partial charge in [0.05, 0.1) is 17.9 Å². The van der Waals surface area contributed by atoms with Crippen LogP contribution in [0, 0.1) is 5.82 Å². The number of para-hydroxylation sites is 1. The van der Waals surface area contributed by atoms with Gasteiger partial charge in [0, 0.05) is 26.7 Å². The summed E-state index contributed by atoms with van der Waals surface area (Å²) >= 11 is 0. The van der Waals surface area contributed by atoms with Crippen LogP contribution in [0.5, 0.6) is 0 Å². The minimum Gasteiger partial charge on any atom is -0.382 e. The molecule has 0 aliphatic rings. The number of rotatable bonds is 8. The Morgan fingerprint density at radius 2 is 2.15 bits per heavy atom. The highest BCUT2D eigenvalue weighted by Gasteiger charge is 2.18. The van der Waals surface area contributed by atoms with Crippen LogP contribution in [0.25, 0.3) is 0 Å². The number of hydrogen-bond acceptors (Lipinski definition) is 3. The van der Waals surface area contributed by atoms with E-state index in [1.807, 2.05) is 13.8 Å². The maximum Gasteiger partial charge on any atom is 0.255 e. The fourth-order valence-electron chi connectivity index (χ4n) is 1.79. The molecule has 0 bridgehead atoms. The number of nitrogens with one attached hydrogen (secondary N) is 1. The summed E-state index contributed by atoms with van der Waals surface area (Å²) in [5.74, 6) is -0.606. The average molecular weight is 282 g/mol. The molecule has 0 unspecified atom stereocenters. The summed E-state index contributed by atoms with van der Waals surface area (Å²) in [5.41, 5.74) is 0.639. The first-order chi connectivity index (χ1) is 9.61. The van der Waals surface area contributed by atoms with Crippen LogP contribution in [-0.2, 0) is 4.74 Å². The fourth-order valence-corrected chi connectivity index (χ4v) is 1.79. The minimum atomic E-state index is -0.400. The van der Waals surface area contributed by atoms with E-state index in [9.17, 15) is 9.18 Å². The molecule has 0 heterocycles. The van der Waals surface area contributed by atoms with Gasteiger partial charge in [-0.2, -0.15) is 0 Å². The first-order valence-corrected chi connectivity index (χ1v) is 6.97. The maximum atomic E-state index is 13.8. The van der Waals surface area contributed by atoms with Gasteiger partial charge in [-0.25, -0.2) is 4.39 Å². The van der Waals surface area contributed by atoms with E-state index in [4.69, 9.17) is 4.74 Å². The zero-order valence-corrected chi connectivity index (χ0v) is 12.4. The summed E-state index contributed by atoms with van der Waals surface area (Å²) in [6.07, 6.45) is 0.863. The first-order valence-electron chi connectivity index (χ1n) is 6.97. The number of hydrogen-bond donors (Lipinski definition) is 1. The standard InChI is InChI=1S/C15H23FN2O2/c1-4-9-17-14-12(7-6-8-13(14)16)15(19)18(3)10-11-20-5-2/h6-8,17H,4-5,9-11H2,1-3H3. The third-order valence-electron chi connectivity index (χ3n) is 2.92. The van der Waals surface area contributed by atoms with Crippen molar-refractivity contribution in [2.75, 3.05) is 38.7 Å². The normalized spacial score (nSPS) is 10.4. The van der Waals surface area contributed by atoms with Crippen LogP contribution in [0.15, 0.2) is 18.2 Å². The van der Waals surface area contributed by atoms with Crippen LogP contribution in [0.2, 0.25) is 0 Å². The molecule has 20 heavy (non-hydrogen) atoms. The third kappa shape index (κ3) is 4.49. The summed E-state index contributed by atoms with van der Waals surface area (Å²) in [6, 6.07) is 4.55. The molecule has 0 radical (unpaired) electrons. The van der Waals surface area contributed by atoms with Crippen molar-refractivity contribution in [3.05, 3.63) is 29.6 Å². The lowest BCUT2D eigenvalue weighted by molar-refractivity contribution is 0.0710. The Labute approximate surface area is 119 Å². The molecule has 4 nitrogen and oxygen atoms in total. The van der Waals surface area contributed by atoms with E-state index in [-0.39, 0.29) is 11.6 Å². The van der Waals surface area contributed by atoms with E-state index in [0.717, 1.165) is 6.42 Å². The highest BCUT2D eigenvalue weighted by Crippen LogP contribution is 2.21. The summed E-state index contributed by atoms with van der Waals surface area (Å²) in [7, 11) is 1.69. The summed E-state index contributed by atoms with van der Waals surface area (Å²) in [4.78, 5) is 13.9. The number of carbonyl (C=O) groups excluding carboxylic acids is 1. The third-order valence-corrected chi connectivity index (χ3v) is 2.92. The maximum absolute atomic E-state index is 13.8. The monoisotopic (exact) mass is 282 g/mol. The molecule has 1 aromatic carbocycles. The Bertz CT molecular complexity index is 438. The number of nitrogens with zero attached hydrogens (tertiary/aromatic N) is 1. The van der Waals surface area contributed by atoms with E-state index in [1.54, 1.807) is 24.1 Å². The summed E-state index contributed by atoms with van der Waals surface area (Å²) in [5, 5.41) is 2.98. The van der Waals surface area contributed by atoms with Crippen molar-refractivity contribution in [3.8, 4) is 0 Å². The van der Waals surface area contributed by atoms with Gasteiger partial charge in [0.25, 0.3) is 5.91 Å². The van der Waals surface area contributed by atoms with Gasteiger partial charge in [-0.05, 0) is 25.5 Å². The molecule has 0 aromatic heterocycles. The molecule has 0 aliphatic carbocycles. The lowest BCUT2D eigenvalue weighted by Crippen LogP contribution is -2.31. The molecule has 0 saturated carbocycles. The van der Waals surface area contributed by atoms with Crippen molar-refractivity contribution >= 4 is 11.6 Å². The molecule has 1 aromatic rings. The predicted molar refractivity (Wildman–Crippen MR) is 78.6 cm³/mol. The average Bonchev–Trinajstić information content (AvgIpc) is 2.45. The molecule has 0 spiro atoms. The zero-order valence-electron chi connectivity index (χ0n) is 12.4. The van der Waals surface area contributed by atoms with Crippen molar-refractivity contribution in [1.29, 1.82) is 0 Å². The van der Waals surface area contributed by atoms with Gasteiger partial charge < -0.3 is 15.0 Å². The number of ether oxygens (including phenoxy) is 1. The smallest absolute Gasteiger partial charge is 0.255 e. The molecule has 1 N–H and O–H groups in total. The Morgan fingerprint density at radius 1 is 1.40 bits per heavy atom. The Morgan fingerprint density at radius 3 is 2.80 bits per heavy atom. The molecule has 0 saturated heterocycles. The van der Waals surface area contributed by atoms with Crippen molar-refractivity contribution in [2.45, 2.75) is 20.3 Å². The molecule has 1 rings (SSSR count). The van der Waals surface area contributed by atoms with Crippen LogP contribution in [0.3, 0.4) is 0 Å². The van der Waals surface area contributed by atoms with Crippen molar-refractivity contribution in [1.82, 2.24) is 4.90 Å². The van der Waals surface area contributed by atoms with Gasteiger partial charge in [0.15, 0.2) is 0 Å². The Balaban J connectivity index is 2.83. The number of benzene rings is 1. The van der Waals surface area contributed by atoms with Crippen LogP contribution in [0.4, 0.5) is 10.1 Å². The fraction of sp³-hybridized carbons (Fsp3) is 0.533. The second-order valence-electron chi connectivity index (χ2n) is 4.51. The van der Waals surface area contributed by atoms with Crippen molar-refractivity contribution < 1.29 is 13.9 Å². The van der Waals surface area contributed by atoms with E-state index < -0.39 is 5.82 Å². The molecule has 112 valence electrons. The largest absolute Gasteiger partial charge is 0.382 e. The Kier molecular flexibility index (Phi) is 7.01. The SMILES string of the molecule is CCCNc1c(F)cccc1C(=O)N(C)CCOCC. The van der Waals surface area contributed by atoms with E-state index >= 15 is 0 Å². The van der Waals surface area contributed by atoms with E-state index in [1.165, 1.54) is 6.07 Å². The van der Waals surface area contributed by atoms with E-state index in [2.05, 4.69) is 5.32 Å². The lowest BCUT2D eigenvalue weighted by Gasteiger charge is -2.19. The van der Waals surface area contributed by atoms with Gasteiger partial charge in [-0.15, -0.1) is 0 Å². The first kappa shape index (κ1) is 16.4. The van der Waals surface area contributed by atoms with Crippen LogP contribution < -0.4 is 5.32 Å². The quantitative estimate of drug-likeness (QED) is 0.745. The van der Waals surface area contributed by atoms with Gasteiger partial charge in [-0.1, -0.05) is 13.0 Å². The van der Waals surface area contributed by atoms with Gasteiger partial charge >= 0.3 is 0 Å². The molecular formula is C15H23FN2O2. The molecule has 0 aliphatic heterocycles. The lowest BCUT2D eigenvalue weighted by atomic mass is 10.1. The van der Waals surface area contributed by atoms with Crippen molar-refractivity contribution in [2.24, 2.45) is 0 Å². The topological polar surface area (TPSA) is 41.6 Å².